The van der Waals surface area contributed by atoms with Crippen LogP contribution in [0.15, 0.2) is 65.7 Å². The van der Waals surface area contributed by atoms with Crippen LogP contribution in [0.2, 0.25) is 0 Å². The number of aromatic nitrogens is 4. The molecule has 0 aliphatic rings. The molecule has 38 heavy (non-hydrogen) atoms. The highest BCUT2D eigenvalue weighted by atomic mass is 16.5. The number of fused-ring (bicyclic) bond motifs is 1. The van der Waals surface area contributed by atoms with Crippen LogP contribution in [-0.4, -0.2) is 38.1 Å². The largest absolute Gasteiger partial charge is 0.493 e. The molecule has 2 N–H and O–H groups in total. The van der Waals surface area contributed by atoms with Gasteiger partial charge in [0, 0.05) is 11.6 Å². The van der Waals surface area contributed by atoms with Crippen LogP contribution in [0.25, 0.3) is 22.6 Å². The molecular formula is C30H37N5O3. The van der Waals surface area contributed by atoms with Crippen molar-refractivity contribution in [1.29, 1.82) is 0 Å². The Morgan fingerprint density at radius 1 is 1.03 bits per heavy atom. The fraction of sp³-hybridized carbons (Fsp3) is 0.400. The Labute approximate surface area is 223 Å². The summed E-state index contributed by atoms with van der Waals surface area (Å²) in [5.41, 5.74) is 1.80. The molecule has 2 atom stereocenters. The average molecular weight is 516 g/mol. The maximum atomic E-state index is 13.1. The number of hydrogen-bond acceptors (Lipinski definition) is 5. The summed E-state index contributed by atoms with van der Waals surface area (Å²) in [6.45, 7) is 6.80. The summed E-state index contributed by atoms with van der Waals surface area (Å²) in [6, 6.07) is 16.4. The Morgan fingerprint density at radius 2 is 1.79 bits per heavy atom. The normalized spacial score (nSPS) is 12.8. The Morgan fingerprint density at radius 3 is 2.55 bits per heavy atom. The van der Waals surface area contributed by atoms with Crippen molar-refractivity contribution in [2.24, 2.45) is 0 Å². The topological polar surface area (TPSA) is 102 Å². The Hall–Kier alpha value is -3.94. The van der Waals surface area contributed by atoms with Crippen LogP contribution < -0.4 is 15.6 Å². The minimum absolute atomic E-state index is 0.127. The van der Waals surface area contributed by atoms with Crippen molar-refractivity contribution in [3.05, 3.63) is 76.8 Å². The third-order valence-electron chi connectivity index (χ3n) is 6.72. The summed E-state index contributed by atoms with van der Waals surface area (Å²) in [7, 11) is 0. The monoisotopic (exact) mass is 515 g/mol. The highest BCUT2D eigenvalue weighted by molar-refractivity contribution is 5.94. The summed E-state index contributed by atoms with van der Waals surface area (Å²) < 4.78 is 7.87. The minimum Gasteiger partial charge on any atom is -0.493 e. The molecule has 1 amide bonds. The van der Waals surface area contributed by atoms with Crippen molar-refractivity contribution in [2.75, 3.05) is 6.61 Å². The van der Waals surface area contributed by atoms with Gasteiger partial charge in [-0.3, -0.25) is 9.59 Å². The van der Waals surface area contributed by atoms with E-state index in [4.69, 9.17) is 9.72 Å². The molecule has 2 aromatic carbocycles. The molecule has 4 rings (SSSR count). The van der Waals surface area contributed by atoms with E-state index in [2.05, 4.69) is 22.2 Å². The molecule has 0 aliphatic heterocycles. The molecule has 0 saturated carbocycles. The number of unbranched alkanes of at least 4 members (excludes halogenated alkanes) is 3. The molecule has 0 spiro atoms. The smallest absolute Gasteiger partial charge is 0.279 e. The van der Waals surface area contributed by atoms with E-state index in [-0.39, 0.29) is 29.1 Å². The summed E-state index contributed by atoms with van der Waals surface area (Å²) in [5.74, 6) is 0.971. The summed E-state index contributed by atoms with van der Waals surface area (Å²) in [4.78, 5) is 38.2. The number of aromatic amines is 1. The fourth-order valence-electron chi connectivity index (χ4n) is 4.68. The van der Waals surface area contributed by atoms with Crippen LogP contribution in [0.5, 0.6) is 5.75 Å². The van der Waals surface area contributed by atoms with E-state index in [1.807, 2.05) is 60.9 Å². The number of hydrogen-bond donors (Lipinski definition) is 2. The van der Waals surface area contributed by atoms with E-state index >= 15 is 0 Å². The molecule has 0 radical (unpaired) electrons. The average Bonchev–Trinajstić information content (AvgIpc) is 3.36. The van der Waals surface area contributed by atoms with Gasteiger partial charge in [-0.2, -0.15) is 0 Å². The second kappa shape index (κ2) is 13.0. The second-order valence-electron chi connectivity index (χ2n) is 9.63. The Balaban J connectivity index is 1.71. The molecule has 200 valence electrons. The number of amides is 1. The van der Waals surface area contributed by atoms with Crippen molar-refractivity contribution >= 4 is 17.1 Å². The van der Waals surface area contributed by atoms with Gasteiger partial charge in [0.2, 0.25) is 0 Å². The lowest BCUT2D eigenvalue weighted by atomic mass is 10.0. The molecule has 2 aromatic heterocycles. The first-order valence-corrected chi connectivity index (χ1v) is 13.6. The van der Waals surface area contributed by atoms with E-state index in [0.717, 1.165) is 44.1 Å². The van der Waals surface area contributed by atoms with Crippen molar-refractivity contribution < 1.29 is 9.53 Å². The predicted molar refractivity (Wildman–Crippen MR) is 151 cm³/mol. The van der Waals surface area contributed by atoms with Crippen molar-refractivity contribution in [3.63, 3.8) is 0 Å². The summed E-state index contributed by atoms with van der Waals surface area (Å²) >= 11 is 0. The standard InChI is InChI=1S/C30H37N5O3/c1-4-6-7-11-17-24(21(3)32-29(36)22-14-9-8-10-15-22)35-20-31-26-28(35)33-27(34-30(26)37)23-16-12-13-18-25(23)38-19-5-2/h8-10,12-16,18,20-21,24H,4-7,11,17,19H2,1-3H3,(H,32,36)(H,33,34,37). The molecule has 0 bridgehead atoms. The van der Waals surface area contributed by atoms with E-state index in [9.17, 15) is 9.59 Å². The quantitative estimate of drug-likeness (QED) is 0.216. The summed E-state index contributed by atoms with van der Waals surface area (Å²) in [6.07, 6.45) is 7.75. The molecule has 2 unspecified atom stereocenters. The molecule has 8 heteroatoms. The maximum absolute atomic E-state index is 13.1. The zero-order valence-corrected chi connectivity index (χ0v) is 22.4. The Bertz CT molecular complexity index is 1400. The molecule has 0 aliphatic carbocycles. The molecule has 2 heterocycles. The lowest BCUT2D eigenvalue weighted by Gasteiger charge is -2.27. The van der Waals surface area contributed by atoms with E-state index < -0.39 is 0 Å². The number of nitrogens with one attached hydrogen (secondary N) is 2. The fourth-order valence-corrected chi connectivity index (χ4v) is 4.68. The van der Waals surface area contributed by atoms with Crippen LogP contribution in [0.1, 0.15) is 75.7 Å². The number of carbonyl (C=O) groups is 1. The van der Waals surface area contributed by atoms with Gasteiger partial charge < -0.3 is 19.6 Å². The minimum atomic E-state index is -0.306. The number of nitrogens with zero attached hydrogens (tertiary/aromatic N) is 3. The zero-order valence-electron chi connectivity index (χ0n) is 22.4. The highest BCUT2D eigenvalue weighted by Crippen LogP contribution is 2.29. The van der Waals surface area contributed by atoms with Gasteiger partial charge in [-0.05, 0) is 44.0 Å². The predicted octanol–water partition coefficient (Wildman–Crippen LogP) is 5.91. The number of benzene rings is 2. The van der Waals surface area contributed by atoms with Crippen LogP contribution in [-0.2, 0) is 0 Å². The van der Waals surface area contributed by atoms with Crippen LogP contribution >= 0.6 is 0 Å². The van der Waals surface area contributed by atoms with Crippen molar-refractivity contribution in [1.82, 2.24) is 24.8 Å². The van der Waals surface area contributed by atoms with Crippen LogP contribution in [0, 0.1) is 0 Å². The first-order valence-electron chi connectivity index (χ1n) is 13.6. The number of H-pyrrole nitrogens is 1. The molecular weight excluding hydrogens is 478 g/mol. The molecule has 0 saturated heterocycles. The Kier molecular flexibility index (Phi) is 9.30. The van der Waals surface area contributed by atoms with Gasteiger partial charge in [0.05, 0.1) is 24.5 Å². The first kappa shape index (κ1) is 27.1. The lowest BCUT2D eigenvalue weighted by Crippen LogP contribution is -2.39. The van der Waals surface area contributed by atoms with Gasteiger partial charge >= 0.3 is 0 Å². The van der Waals surface area contributed by atoms with Crippen LogP contribution in [0.4, 0.5) is 0 Å². The van der Waals surface area contributed by atoms with Gasteiger partial charge in [0.25, 0.3) is 11.5 Å². The lowest BCUT2D eigenvalue weighted by molar-refractivity contribution is 0.0926. The number of para-hydroxylation sites is 1. The SMILES string of the molecule is CCCCCCC(C(C)NC(=O)c1ccccc1)n1cnc2c(=O)[nH]c(-c3ccccc3OCCC)nc21. The first-order chi connectivity index (χ1) is 18.5. The van der Waals surface area contributed by atoms with E-state index in [1.165, 1.54) is 0 Å². The molecule has 8 nitrogen and oxygen atoms in total. The van der Waals surface area contributed by atoms with Gasteiger partial charge in [0.15, 0.2) is 11.2 Å². The van der Waals surface area contributed by atoms with Gasteiger partial charge in [-0.1, -0.05) is 69.9 Å². The van der Waals surface area contributed by atoms with Crippen molar-refractivity contribution in [2.45, 2.75) is 71.4 Å². The number of carbonyl (C=O) groups excluding carboxylic acids is 1. The maximum Gasteiger partial charge on any atom is 0.279 e. The number of ether oxygens (including phenoxy) is 1. The van der Waals surface area contributed by atoms with Gasteiger partial charge in [-0.25, -0.2) is 9.97 Å². The van der Waals surface area contributed by atoms with E-state index in [0.29, 0.717) is 29.4 Å². The van der Waals surface area contributed by atoms with E-state index in [1.54, 1.807) is 18.5 Å². The number of rotatable bonds is 13. The highest BCUT2D eigenvalue weighted by Gasteiger charge is 2.25. The molecule has 4 aromatic rings. The third kappa shape index (κ3) is 6.30. The van der Waals surface area contributed by atoms with Gasteiger partial charge in [-0.15, -0.1) is 0 Å². The molecule has 0 fully saturated rings. The van der Waals surface area contributed by atoms with Crippen molar-refractivity contribution in [3.8, 4) is 17.1 Å². The van der Waals surface area contributed by atoms with Gasteiger partial charge in [0.1, 0.15) is 11.6 Å². The third-order valence-corrected chi connectivity index (χ3v) is 6.72. The summed E-state index contributed by atoms with van der Waals surface area (Å²) in [5, 5.41) is 3.16. The van der Waals surface area contributed by atoms with Crippen LogP contribution in [0.3, 0.4) is 0 Å². The number of imidazole rings is 1. The second-order valence-corrected chi connectivity index (χ2v) is 9.63. The zero-order chi connectivity index (χ0) is 26.9.